The quantitative estimate of drug-likeness (QED) is 0.0248. The molecule has 0 saturated carbocycles. The molecule has 0 radical (unpaired) electrons. The Morgan fingerprint density at radius 1 is 0.512 bits per heavy atom. The molecule has 0 fully saturated rings. The Bertz CT molecular complexity index is 523. The van der Waals surface area contributed by atoms with Crippen molar-refractivity contribution in [1.29, 1.82) is 0 Å². The second-order valence-electron chi connectivity index (χ2n) is 12.2. The largest absolute Gasteiger partial charge is 0.372 e. The van der Waals surface area contributed by atoms with Crippen LogP contribution in [-0.4, -0.2) is 32.2 Å². The van der Waals surface area contributed by atoms with E-state index in [1.807, 2.05) is 0 Å². The van der Waals surface area contributed by atoms with E-state index in [-0.39, 0.29) is 6.10 Å². The Morgan fingerprint density at radius 3 is 1.37 bits per heavy atom. The van der Waals surface area contributed by atoms with Crippen molar-refractivity contribution in [3.63, 3.8) is 0 Å². The summed E-state index contributed by atoms with van der Waals surface area (Å²) in [6.45, 7) is 10.4. The average molecular weight is 583 g/mol. The van der Waals surface area contributed by atoms with Gasteiger partial charge < -0.3 is 9.47 Å². The molecule has 2 atom stereocenters. The van der Waals surface area contributed by atoms with E-state index >= 15 is 0 Å². The van der Waals surface area contributed by atoms with Crippen molar-refractivity contribution < 1.29 is 19.2 Å². The highest BCUT2D eigenvalue weighted by molar-refractivity contribution is 5.01. The molecule has 0 bridgehead atoms. The maximum atomic E-state index is 6.51. The Balaban J connectivity index is 4.78. The summed E-state index contributed by atoms with van der Waals surface area (Å²) in [6, 6.07) is 0. The van der Waals surface area contributed by atoms with E-state index in [0.29, 0.717) is 6.61 Å². The van der Waals surface area contributed by atoms with Crippen LogP contribution in [0.4, 0.5) is 0 Å². The molecule has 0 aromatic heterocycles. The van der Waals surface area contributed by atoms with Crippen molar-refractivity contribution in [1.82, 2.24) is 0 Å². The molecule has 0 heterocycles. The summed E-state index contributed by atoms with van der Waals surface area (Å²) >= 11 is 0. The Labute approximate surface area is 258 Å². The van der Waals surface area contributed by atoms with Crippen LogP contribution >= 0.6 is 0 Å². The van der Waals surface area contributed by atoms with E-state index in [9.17, 15) is 0 Å². The first kappa shape index (κ1) is 40.6. The third kappa shape index (κ3) is 24.7. The molecule has 4 heteroatoms. The molecule has 0 spiro atoms. The highest BCUT2D eigenvalue weighted by Crippen LogP contribution is 2.28. The zero-order valence-corrected chi connectivity index (χ0v) is 28.7. The second kappa shape index (κ2) is 32.5. The third-order valence-corrected chi connectivity index (χ3v) is 8.25. The van der Waals surface area contributed by atoms with Crippen molar-refractivity contribution in [3.05, 3.63) is 12.2 Å². The molecular weight excluding hydrogens is 508 g/mol. The zero-order chi connectivity index (χ0) is 30.1. The molecule has 2 unspecified atom stereocenters. The molecular formula is C37H74O4. The third-order valence-electron chi connectivity index (χ3n) is 8.25. The van der Waals surface area contributed by atoms with Crippen LogP contribution in [-0.2, 0) is 19.2 Å². The number of allylic oxidation sites excluding steroid dienone is 1. The van der Waals surface area contributed by atoms with E-state index in [1.54, 1.807) is 7.11 Å². The van der Waals surface area contributed by atoms with Gasteiger partial charge in [0.2, 0.25) is 5.79 Å². The summed E-state index contributed by atoms with van der Waals surface area (Å²) in [5.41, 5.74) is 0. The Hall–Kier alpha value is -0.420. The van der Waals surface area contributed by atoms with Gasteiger partial charge in [-0.2, -0.15) is 4.89 Å². The highest BCUT2D eigenvalue weighted by atomic mass is 17.2. The van der Waals surface area contributed by atoms with Gasteiger partial charge in [-0.3, -0.25) is 0 Å². The van der Waals surface area contributed by atoms with Crippen LogP contribution in [0.1, 0.15) is 195 Å². The van der Waals surface area contributed by atoms with Crippen LogP contribution in [0.5, 0.6) is 0 Å². The number of ether oxygens (including phenoxy) is 2. The predicted octanol–water partition coefficient (Wildman–Crippen LogP) is 12.4. The number of hydrogen-bond acceptors (Lipinski definition) is 4. The lowest BCUT2D eigenvalue weighted by Gasteiger charge is -2.36. The van der Waals surface area contributed by atoms with Crippen molar-refractivity contribution in [3.8, 4) is 0 Å². The normalized spacial score (nSPS) is 14.2. The first-order chi connectivity index (χ1) is 20.2. The smallest absolute Gasteiger partial charge is 0.247 e. The van der Waals surface area contributed by atoms with Gasteiger partial charge in [0, 0.05) is 6.61 Å². The molecule has 0 aliphatic rings. The summed E-state index contributed by atoms with van der Waals surface area (Å²) in [5, 5.41) is 0. The fourth-order valence-corrected chi connectivity index (χ4v) is 5.58. The van der Waals surface area contributed by atoms with Crippen molar-refractivity contribution in [2.75, 3.05) is 20.3 Å². The van der Waals surface area contributed by atoms with E-state index in [1.165, 1.54) is 141 Å². The van der Waals surface area contributed by atoms with Gasteiger partial charge in [0.05, 0.1) is 13.7 Å². The number of hydrogen-bond donors (Lipinski definition) is 0. The molecule has 41 heavy (non-hydrogen) atoms. The van der Waals surface area contributed by atoms with Crippen LogP contribution < -0.4 is 0 Å². The predicted molar refractivity (Wildman–Crippen MR) is 178 cm³/mol. The molecule has 4 nitrogen and oxygen atoms in total. The van der Waals surface area contributed by atoms with Crippen LogP contribution in [0.25, 0.3) is 0 Å². The minimum absolute atomic E-state index is 0.184. The fraction of sp³-hybridized carbons (Fsp3) is 0.946. The monoisotopic (exact) mass is 583 g/mol. The van der Waals surface area contributed by atoms with Crippen LogP contribution in [0, 0.1) is 0 Å². The van der Waals surface area contributed by atoms with Gasteiger partial charge in [-0.15, -0.1) is 0 Å². The minimum atomic E-state index is -0.981. The number of rotatable bonds is 34. The Morgan fingerprint density at radius 2 is 0.927 bits per heavy atom. The van der Waals surface area contributed by atoms with Crippen molar-refractivity contribution in [2.24, 2.45) is 0 Å². The molecule has 0 N–H and O–H groups in total. The van der Waals surface area contributed by atoms with Gasteiger partial charge in [-0.25, -0.2) is 4.89 Å². The van der Waals surface area contributed by atoms with Gasteiger partial charge in [0.25, 0.3) is 0 Å². The van der Waals surface area contributed by atoms with Gasteiger partial charge >= 0.3 is 0 Å². The fourth-order valence-electron chi connectivity index (χ4n) is 5.58. The van der Waals surface area contributed by atoms with Crippen LogP contribution in [0.15, 0.2) is 12.2 Å². The summed E-state index contributed by atoms with van der Waals surface area (Å²) in [5.74, 6) is -0.981. The van der Waals surface area contributed by atoms with Crippen molar-refractivity contribution in [2.45, 2.75) is 207 Å². The van der Waals surface area contributed by atoms with Crippen LogP contribution in [0.2, 0.25) is 0 Å². The summed E-state index contributed by atoms with van der Waals surface area (Å²) in [7, 11) is 1.59. The molecule has 0 aliphatic heterocycles. The summed E-state index contributed by atoms with van der Waals surface area (Å²) in [4.78, 5) is 11.2. The molecule has 0 aromatic rings. The standard InChI is InChI=1S/C37H74O4/c1-6-10-13-16-19-20-21-22-23-24-27-30-33-37(41-38-5,40-35-32-29-26-18-15-12-8-3)36(9-4)39-34-31-28-25-17-14-11-7-2/h30,33,36H,6-29,31-32,34-35H2,1-5H3. The number of unbranched alkanes of at least 4 members (excludes halogenated alkanes) is 22. The van der Waals surface area contributed by atoms with E-state index in [4.69, 9.17) is 19.2 Å². The first-order valence-electron chi connectivity index (χ1n) is 18.4. The van der Waals surface area contributed by atoms with Crippen molar-refractivity contribution >= 4 is 0 Å². The van der Waals surface area contributed by atoms with Crippen LogP contribution in [0.3, 0.4) is 0 Å². The zero-order valence-electron chi connectivity index (χ0n) is 28.7. The topological polar surface area (TPSA) is 36.9 Å². The van der Waals surface area contributed by atoms with Gasteiger partial charge in [0.1, 0.15) is 6.10 Å². The lowest BCUT2D eigenvalue weighted by atomic mass is 10.0. The average Bonchev–Trinajstić information content (AvgIpc) is 2.98. The lowest BCUT2D eigenvalue weighted by Crippen LogP contribution is -2.47. The van der Waals surface area contributed by atoms with E-state index in [0.717, 1.165) is 32.3 Å². The molecule has 0 rings (SSSR count). The van der Waals surface area contributed by atoms with Gasteiger partial charge in [-0.05, 0) is 38.2 Å². The van der Waals surface area contributed by atoms with Gasteiger partial charge in [-0.1, -0.05) is 169 Å². The molecule has 0 saturated heterocycles. The SMILES string of the molecule is CCCCCCCCCCCCC=CC(OCCCCCCCCC)(OOC)C(CC)OCCCCCCCCC. The summed E-state index contributed by atoms with van der Waals surface area (Å²) in [6.07, 6.45) is 37.4. The highest BCUT2D eigenvalue weighted by Gasteiger charge is 2.40. The molecule has 246 valence electrons. The van der Waals surface area contributed by atoms with Gasteiger partial charge in [0.15, 0.2) is 0 Å². The molecule has 0 aliphatic carbocycles. The lowest BCUT2D eigenvalue weighted by molar-refractivity contribution is -0.422. The molecule has 0 amide bonds. The molecule has 0 aromatic carbocycles. The van der Waals surface area contributed by atoms with E-state index in [2.05, 4.69) is 39.8 Å². The van der Waals surface area contributed by atoms with E-state index < -0.39 is 5.79 Å². The minimum Gasteiger partial charge on any atom is -0.372 e. The Kier molecular flexibility index (Phi) is 32.2. The maximum absolute atomic E-state index is 6.51. The summed E-state index contributed by atoms with van der Waals surface area (Å²) < 4.78 is 13.0. The second-order valence-corrected chi connectivity index (χ2v) is 12.2. The first-order valence-corrected chi connectivity index (χ1v) is 18.4. The maximum Gasteiger partial charge on any atom is 0.247 e.